The molecule has 0 amide bonds. The van der Waals surface area contributed by atoms with E-state index in [4.69, 9.17) is 11.3 Å². The third-order valence-corrected chi connectivity index (χ3v) is 6.54. The molecule has 0 atom stereocenters. The SMILES string of the molecule is [2H]c1c([2H])c([2H])c(N(c2ccccc2)c2ccc(-c3cccc4ccc5oc6ccccc6c5c34)cc2)c([2H])c1[2H]. The topological polar surface area (TPSA) is 16.4 Å². The van der Waals surface area contributed by atoms with Crippen LogP contribution in [-0.4, -0.2) is 0 Å². The Morgan fingerprint density at radius 2 is 1.28 bits per heavy atom. The van der Waals surface area contributed by atoms with Crippen LogP contribution in [0.5, 0.6) is 0 Å². The number of para-hydroxylation sites is 3. The summed E-state index contributed by atoms with van der Waals surface area (Å²) in [6.07, 6.45) is 0. The van der Waals surface area contributed by atoms with Crippen molar-refractivity contribution < 1.29 is 11.3 Å². The van der Waals surface area contributed by atoms with Crippen molar-refractivity contribution >= 4 is 49.8 Å². The van der Waals surface area contributed by atoms with Crippen molar-refractivity contribution in [3.8, 4) is 11.1 Å². The van der Waals surface area contributed by atoms with Crippen molar-refractivity contribution in [1.82, 2.24) is 0 Å². The van der Waals surface area contributed by atoms with E-state index in [1.54, 1.807) is 4.90 Å². The highest BCUT2D eigenvalue weighted by Crippen LogP contribution is 2.41. The van der Waals surface area contributed by atoms with E-state index in [1.807, 2.05) is 84.9 Å². The molecule has 6 aromatic carbocycles. The van der Waals surface area contributed by atoms with E-state index in [0.29, 0.717) is 11.4 Å². The molecule has 0 saturated heterocycles. The van der Waals surface area contributed by atoms with Gasteiger partial charge >= 0.3 is 0 Å². The first kappa shape index (κ1) is 16.0. The number of rotatable bonds is 4. The first-order valence-electron chi connectivity index (χ1n) is 14.3. The summed E-state index contributed by atoms with van der Waals surface area (Å²) in [6.45, 7) is 0. The Kier molecular flexibility index (Phi) is 3.74. The van der Waals surface area contributed by atoms with Gasteiger partial charge in [-0.05, 0) is 65.0 Å². The molecule has 0 fully saturated rings. The van der Waals surface area contributed by atoms with Crippen molar-refractivity contribution in [3.05, 3.63) is 139 Å². The molecule has 7 aromatic rings. The van der Waals surface area contributed by atoms with E-state index < -0.39 is 6.04 Å². The van der Waals surface area contributed by atoms with E-state index in [2.05, 4.69) is 24.3 Å². The van der Waals surface area contributed by atoms with Crippen LogP contribution < -0.4 is 4.90 Å². The Labute approximate surface area is 216 Å². The molecule has 2 nitrogen and oxygen atoms in total. The molecule has 0 bridgehead atoms. The summed E-state index contributed by atoms with van der Waals surface area (Å²) < 4.78 is 48.0. The quantitative estimate of drug-likeness (QED) is 0.257. The van der Waals surface area contributed by atoms with Crippen LogP contribution in [0.25, 0.3) is 43.8 Å². The summed E-state index contributed by atoms with van der Waals surface area (Å²) in [5, 5.41) is 4.35. The van der Waals surface area contributed by atoms with Gasteiger partial charge in [-0.1, -0.05) is 90.9 Å². The highest BCUT2D eigenvalue weighted by atomic mass is 16.3. The van der Waals surface area contributed by atoms with Crippen molar-refractivity contribution in [2.24, 2.45) is 0 Å². The molecular weight excluding hydrogens is 438 g/mol. The van der Waals surface area contributed by atoms with E-state index in [9.17, 15) is 0 Å². The summed E-state index contributed by atoms with van der Waals surface area (Å²) in [5.41, 5.74) is 5.20. The van der Waals surface area contributed by atoms with Gasteiger partial charge < -0.3 is 9.32 Å². The minimum atomic E-state index is -0.416. The highest BCUT2D eigenvalue weighted by molar-refractivity contribution is 6.22. The molecule has 0 aliphatic rings. The van der Waals surface area contributed by atoms with Gasteiger partial charge in [-0.15, -0.1) is 0 Å². The summed E-state index contributed by atoms with van der Waals surface area (Å²) in [6, 6.07) is 33.9. The molecule has 1 heterocycles. The van der Waals surface area contributed by atoms with E-state index >= 15 is 0 Å². The Bertz CT molecular complexity index is 2070. The van der Waals surface area contributed by atoms with Gasteiger partial charge in [0, 0.05) is 33.2 Å². The lowest BCUT2D eigenvalue weighted by Gasteiger charge is -2.25. The fourth-order valence-electron chi connectivity index (χ4n) is 4.96. The highest BCUT2D eigenvalue weighted by Gasteiger charge is 2.15. The Balaban J connectivity index is 1.43. The number of fused-ring (bicyclic) bond motifs is 5. The number of hydrogen-bond acceptors (Lipinski definition) is 2. The fraction of sp³-hybridized carbons (Fsp3) is 0. The predicted molar refractivity (Wildman–Crippen MR) is 151 cm³/mol. The summed E-state index contributed by atoms with van der Waals surface area (Å²) in [4.78, 5) is 1.72. The number of hydrogen-bond donors (Lipinski definition) is 0. The third kappa shape index (κ3) is 3.35. The zero-order valence-corrected chi connectivity index (χ0v) is 19.2. The fourth-order valence-corrected chi connectivity index (χ4v) is 4.96. The summed E-state index contributed by atoms with van der Waals surface area (Å²) in [7, 11) is 0. The molecule has 0 aliphatic heterocycles. The van der Waals surface area contributed by atoms with Gasteiger partial charge in [0.05, 0.1) is 6.85 Å². The van der Waals surface area contributed by atoms with E-state index in [-0.39, 0.29) is 29.9 Å². The van der Waals surface area contributed by atoms with Crippen LogP contribution in [-0.2, 0) is 0 Å². The van der Waals surface area contributed by atoms with Gasteiger partial charge in [-0.25, -0.2) is 0 Å². The van der Waals surface area contributed by atoms with Gasteiger partial charge in [0.1, 0.15) is 11.2 Å². The Morgan fingerprint density at radius 1 is 0.528 bits per heavy atom. The lowest BCUT2D eigenvalue weighted by atomic mass is 9.94. The molecule has 0 saturated carbocycles. The molecule has 7 rings (SSSR count). The van der Waals surface area contributed by atoms with Crippen molar-refractivity contribution in [1.29, 1.82) is 0 Å². The average molecular weight is 467 g/mol. The second-order valence-corrected chi connectivity index (χ2v) is 8.63. The normalized spacial score (nSPS) is 13.3. The monoisotopic (exact) mass is 466 g/mol. The van der Waals surface area contributed by atoms with Gasteiger partial charge in [0.2, 0.25) is 0 Å². The van der Waals surface area contributed by atoms with Crippen molar-refractivity contribution in [3.63, 3.8) is 0 Å². The number of furan rings is 1. The van der Waals surface area contributed by atoms with Crippen LogP contribution >= 0.6 is 0 Å². The molecule has 1 aromatic heterocycles. The number of benzene rings is 6. The molecule has 0 unspecified atom stereocenters. The second-order valence-electron chi connectivity index (χ2n) is 8.63. The minimum Gasteiger partial charge on any atom is -0.456 e. The third-order valence-electron chi connectivity index (χ3n) is 6.54. The first-order valence-corrected chi connectivity index (χ1v) is 11.8. The summed E-state index contributed by atoms with van der Waals surface area (Å²) in [5.74, 6) is 0. The number of anilines is 3. The predicted octanol–water partition coefficient (Wildman–Crippen LogP) is 9.88. The molecule has 170 valence electrons. The zero-order chi connectivity index (χ0) is 28.2. The van der Waals surface area contributed by atoms with Gasteiger partial charge in [0.25, 0.3) is 0 Å². The van der Waals surface area contributed by atoms with Gasteiger partial charge in [-0.2, -0.15) is 0 Å². The van der Waals surface area contributed by atoms with E-state index in [1.165, 1.54) is 0 Å². The van der Waals surface area contributed by atoms with Crippen LogP contribution in [0.15, 0.2) is 144 Å². The van der Waals surface area contributed by atoms with Gasteiger partial charge in [-0.3, -0.25) is 0 Å². The lowest BCUT2D eigenvalue weighted by molar-refractivity contribution is 0.669. The Morgan fingerprint density at radius 3 is 2.11 bits per heavy atom. The molecule has 0 aliphatic carbocycles. The van der Waals surface area contributed by atoms with Crippen molar-refractivity contribution in [2.45, 2.75) is 0 Å². The standard InChI is InChI=1S/C34H23NO/c1-3-11-26(12-4-1)35(27-13-5-2-6-14-27)28-21-18-24(19-22-28)29-16-9-10-25-20-23-32-34(33(25)29)30-15-7-8-17-31(30)36-32/h1-23H/i1D,3D,4D,11D,12D. The first-order chi connectivity index (χ1) is 19.9. The van der Waals surface area contributed by atoms with Gasteiger partial charge in [0.15, 0.2) is 0 Å². The molecule has 0 radical (unpaired) electrons. The maximum absolute atomic E-state index is 8.64. The van der Waals surface area contributed by atoms with Crippen LogP contribution in [0, 0.1) is 0 Å². The smallest absolute Gasteiger partial charge is 0.136 e. The largest absolute Gasteiger partial charge is 0.456 e. The zero-order valence-electron chi connectivity index (χ0n) is 24.2. The molecule has 0 spiro atoms. The molecule has 2 heteroatoms. The molecule has 36 heavy (non-hydrogen) atoms. The lowest BCUT2D eigenvalue weighted by Crippen LogP contribution is -2.09. The van der Waals surface area contributed by atoms with Crippen molar-refractivity contribution in [2.75, 3.05) is 4.90 Å². The average Bonchev–Trinajstić information content (AvgIpc) is 3.40. The van der Waals surface area contributed by atoms with Crippen LogP contribution in [0.4, 0.5) is 17.1 Å². The minimum absolute atomic E-state index is 0.103. The number of nitrogens with zero attached hydrogens (tertiary/aromatic N) is 1. The molecule has 0 N–H and O–H groups in total. The van der Waals surface area contributed by atoms with Crippen LogP contribution in [0.1, 0.15) is 6.85 Å². The Hall–Kier alpha value is -4.82. The van der Waals surface area contributed by atoms with E-state index in [0.717, 1.165) is 43.8 Å². The van der Waals surface area contributed by atoms with Crippen LogP contribution in [0.2, 0.25) is 0 Å². The maximum atomic E-state index is 8.64. The molecular formula is C34H23NO. The maximum Gasteiger partial charge on any atom is 0.136 e. The second kappa shape index (κ2) is 8.44. The van der Waals surface area contributed by atoms with Crippen LogP contribution in [0.3, 0.4) is 0 Å². The summed E-state index contributed by atoms with van der Waals surface area (Å²) >= 11 is 0.